The van der Waals surface area contributed by atoms with Crippen molar-refractivity contribution in [2.75, 3.05) is 0 Å². The van der Waals surface area contributed by atoms with Crippen molar-refractivity contribution in [3.63, 3.8) is 0 Å². The Bertz CT molecular complexity index is 883. The second-order valence-corrected chi connectivity index (χ2v) is 11.8. The van der Waals surface area contributed by atoms with Crippen LogP contribution in [0.3, 0.4) is 0 Å². The molecule has 0 nitrogen and oxygen atoms in total. The summed E-state index contributed by atoms with van der Waals surface area (Å²) < 4.78 is 29.7. The van der Waals surface area contributed by atoms with Crippen LogP contribution >= 0.6 is 11.6 Å². The van der Waals surface area contributed by atoms with E-state index in [0.717, 1.165) is 41.7 Å². The first-order chi connectivity index (χ1) is 17.0. The van der Waals surface area contributed by atoms with Gasteiger partial charge in [0.05, 0.1) is 0 Å². The summed E-state index contributed by atoms with van der Waals surface area (Å²) in [4.78, 5) is 0. The van der Waals surface area contributed by atoms with Crippen molar-refractivity contribution in [2.24, 2.45) is 17.8 Å². The van der Waals surface area contributed by atoms with E-state index in [1.807, 2.05) is 24.3 Å². The van der Waals surface area contributed by atoms with E-state index < -0.39 is 0 Å². The van der Waals surface area contributed by atoms with Gasteiger partial charge in [-0.15, -0.1) is 0 Å². The second-order valence-electron chi connectivity index (χ2n) is 11.4. The number of halogens is 3. The van der Waals surface area contributed by atoms with Gasteiger partial charge in [0.1, 0.15) is 11.6 Å². The Kier molecular flexibility index (Phi) is 10.1. The van der Waals surface area contributed by atoms with Crippen LogP contribution in [-0.4, -0.2) is 0 Å². The minimum absolute atomic E-state index is 0.210. The first kappa shape index (κ1) is 26.6. The van der Waals surface area contributed by atoms with E-state index in [9.17, 15) is 8.78 Å². The van der Waals surface area contributed by atoms with Gasteiger partial charge >= 0.3 is 0 Å². The molecule has 0 aromatic heterocycles. The fourth-order valence-corrected chi connectivity index (χ4v) is 6.70. The van der Waals surface area contributed by atoms with Gasteiger partial charge in [0, 0.05) is 10.6 Å². The summed E-state index contributed by atoms with van der Waals surface area (Å²) in [5, 5.41) is 0.676. The van der Waals surface area contributed by atoms with Gasteiger partial charge in [-0.3, -0.25) is 0 Å². The lowest BCUT2D eigenvalue weighted by atomic mass is 9.74. The Balaban J connectivity index is 1.21. The average molecular weight is 501 g/mol. The summed E-state index contributed by atoms with van der Waals surface area (Å²) in [7, 11) is 0. The van der Waals surface area contributed by atoms with Crippen LogP contribution in [0.5, 0.6) is 0 Å². The van der Waals surface area contributed by atoms with Gasteiger partial charge in [0.2, 0.25) is 0 Å². The fraction of sp³-hybridized carbons (Fsp3) is 0.625. The summed E-state index contributed by atoms with van der Waals surface area (Å²) in [6.45, 7) is 2.30. The highest BCUT2D eigenvalue weighted by Crippen LogP contribution is 2.41. The Morgan fingerprint density at radius 3 is 1.77 bits per heavy atom. The van der Waals surface area contributed by atoms with Gasteiger partial charge in [0.25, 0.3) is 0 Å². The molecule has 2 aromatic rings. The molecule has 2 aliphatic carbocycles. The molecule has 0 atom stereocenters. The topological polar surface area (TPSA) is 0 Å². The highest BCUT2D eigenvalue weighted by Gasteiger charge is 2.26. The lowest BCUT2D eigenvalue weighted by Crippen LogP contribution is -2.18. The first-order valence-electron chi connectivity index (χ1n) is 14.2. The number of hydrogen-bond acceptors (Lipinski definition) is 0. The van der Waals surface area contributed by atoms with E-state index in [1.165, 1.54) is 70.6 Å². The van der Waals surface area contributed by atoms with Gasteiger partial charge in [-0.25, -0.2) is 8.78 Å². The maximum Gasteiger partial charge on any atom is 0.129 e. The van der Waals surface area contributed by atoms with Crippen LogP contribution in [-0.2, 0) is 12.8 Å². The lowest BCUT2D eigenvalue weighted by Gasteiger charge is -2.32. The van der Waals surface area contributed by atoms with Crippen molar-refractivity contribution >= 4 is 11.6 Å². The van der Waals surface area contributed by atoms with Gasteiger partial charge in [0.15, 0.2) is 0 Å². The van der Waals surface area contributed by atoms with Crippen molar-refractivity contribution in [1.82, 2.24) is 0 Å². The van der Waals surface area contributed by atoms with Gasteiger partial charge in [-0.2, -0.15) is 0 Å². The van der Waals surface area contributed by atoms with Crippen LogP contribution in [0.4, 0.5) is 8.78 Å². The van der Waals surface area contributed by atoms with Gasteiger partial charge in [-0.05, 0) is 97.6 Å². The molecule has 192 valence electrons. The molecule has 0 N–H and O–H groups in total. The Hall–Kier alpha value is -1.41. The quantitative estimate of drug-likeness (QED) is 0.304. The zero-order valence-corrected chi connectivity index (χ0v) is 22.3. The number of benzene rings is 2. The molecule has 0 aliphatic heterocycles. The van der Waals surface area contributed by atoms with Crippen LogP contribution in [0.15, 0.2) is 36.4 Å². The van der Waals surface area contributed by atoms with E-state index in [2.05, 4.69) is 6.92 Å². The zero-order valence-electron chi connectivity index (χ0n) is 21.5. The number of rotatable bonds is 10. The summed E-state index contributed by atoms with van der Waals surface area (Å²) in [6.07, 6.45) is 18.2. The zero-order chi connectivity index (χ0) is 24.6. The van der Waals surface area contributed by atoms with Gasteiger partial charge < -0.3 is 0 Å². The van der Waals surface area contributed by atoms with E-state index in [0.29, 0.717) is 23.8 Å². The van der Waals surface area contributed by atoms with E-state index in [1.54, 1.807) is 12.1 Å². The standard InChI is InChI=1S/C32H43ClF2/c1-2-3-4-23-5-7-24(8-6-23)9-10-25-11-16-27(17-12-25)28-21-31(34)30(32(35)22-28)20-15-26-13-18-29(33)19-14-26/h13-14,18-19,21-25,27H,2-12,15-17,20H2,1H3. The van der Waals surface area contributed by atoms with E-state index in [4.69, 9.17) is 11.6 Å². The monoisotopic (exact) mass is 500 g/mol. The van der Waals surface area contributed by atoms with Crippen LogP contribution in [0.25, 0.3) is 0 Å². The third-order valence-corrected chi connectivity index (χ3v) is 9.23. The molecule has 0 spiro atoms. The molecule has 0 radical (unpaired) electrons. The maximum atomic E-state index is 14.9. The summed E-state index contributed by atoms with van der Waals surface area (Å²) in [5.41, 5.74) is 2.11. The van der Waals surface area contributed by atoms with Crippen molar-refractivity contribution < 1.29 is 8.78 Å². The second kappa shape index (κ2) is 13.2. The molecule has 35 heavy (non-hydrogen) atoms. The number of hydrogen-bond donors (Lipinski definition) is 0. The predicted molar refractivity (Wildman–Crippen MR) is 144 cm³/mol. The van der Waals surface area contributed by atoms with Crippen LogP contribution in [0.1, 0.15) is 113 Å². The summed E-state index contributed by atoms with van der Waals surface area (Å²) in [6, 6.07) is 10.7. The minimum atomic E-state index is -0.384. The smallest absolute Gasteiger partial charge is 0.129 e. The molecule has 0 saturated heterocycles. The van der Waals surface area contributed by atoms with Crippen LogP contribution in [0, 0.1) is 29.4 Å². The molecule has 0 amide bonds. The van der Waals surface area contributed by atoms with Crippen molar-refractivity contribution in [3.8, 4) is 0 Å². The van der Waals surface area contributed by atoms with Crippen LogP contribution < -0.4 is 0 Å². The normalized spacial score (nSPS) is 25.0. The SMILES string of the molecule is CCCCC1CCC(CCC2CCC(c3cc(F)c(CCc4ccc(Cl)cc4)c(F)c3)CC2)CC1. The van der Waals surface area contributed by atoms with Gasteiger partial charge in [-0.1, -0.05) is 88.4 Å². The summed E-state index contributed by atoms with van der Waals surface area (Å²) in [5.74, 6) is 2.27. The molecule has 4 rings (SSSR count). The van der Waals surface area contributed by atoms with Crippen molar-refractivity contribution in [1.29, 1.82) is 0 Å². The third-order valence-electron chi connectivity index (χ3n) is 8.97. The molecule has 2 fully saturated rings. The molecular formula is C32H43ClF2. The molecular weight excluding hydrogens is 458 g/mol. The largest absolute Gasteiger partial charge is 0.207 e. The predicted octanol–water partition coefficient (Wildman–Crippen LogP) is 10.5. The highest BCUT2D eigenvalue weighted by atomic mass is 35.5. The molecule has 0 unspecified atom stereocenters. The minimum Gasteiger partial charge on any atom is -0.207 e. The lowest BCUT2D eigenvalue weighted by molar-refractivity contribution is 0.222. The molecule has 3 heteroatoms. The fourth-order valence-electron chi connectivity index (χ4n) is 6.58. The maximum absolute atomic E-state index is 14.9. The van der Waals surface area contributed by atoms with Crippen molar-refractivity contribution in [2.45, 2.75) is 109 Å². The summed E-state index contributed by atoms with van der Waals surface area (Å²) >= 11 is 5.93. The number of aryl methyl sites for hydroxylation is 1. The van der Waals surface area contributed by atoms with Crippen molar-refractivity contribution in [3.05, 3.63) is 69.7 Å². The molecule has 2 saturated carbocycles. The first-order valence-corrected chi connectivity index (χ1v) is 14.6. The Morgan fingerprint density at radius 1 is 0.714 bits per heavy atom. The van der Waals surface area contributed by atoms with E-state index in [-0.39, 0.29) is 17.2 Å². The highest BCUT2D eigenvalue weighted by molar-refractivity contribution is 6.30. The molecule has 2 aromatic carbocycles. The molecule has 0 bridgehead atoms. The van der Waals surface area contributed by atoms with E-state index >= 15 is 0 Å². The average Bonchev–Trinajstić information content (AvgIpc) is 2.87. The number of unbranched alkanes of at least 4 members (excludes halogenated alkanes) is 1. The van der Waals surface area contributed by atoms with Crippen LogP contribution in [0.2, 0.25) is 5.02 Å². The molecule has 2 aliphatic rings. The Morgan fingerprint density at radius 2 is 1.23 bits per heavy atom. The molecule has 0 heterocycles. The third kappa shape index (κ3) is 7.78. The Labute approximate surface area is 216 Å².